The lowest BCUT2D eigenvalue weighted by Gasteiger charge is -2.22. The SMILES string of the molecule is O=C(CC1OCCc2ccsc21)NCc1n[nH]c(=S)n1C1CC1. The summed E-state index contributed by atoms with van der Waals surface area (Å²) in [5, 5.41) is 12.0. The molecule has 0 spiro atoms. The highest BCUT2D eigenvalue weighted by Gasteiger charge is 2.28. The number of carbonyl (C=O) groups excluding carboxylic acids is 1. The molecule has 1 unspecified atom stereocenters. The molecule has 0 saturated heterocycles. The van der Waals surface area contributed by atoms with Crippen LogP contribution in [0.3, 0.4) is 0 Å². The second kappa shape index (κ2) is 6.18. The molecule has 1 saturated carbocycles. The van der Waals surface area contributed by atoms with E-state index >= 15 is 0 Å². The first kappa shape index (κ1) is 15.0. The number of nitrogens with zero attached hydrogens (tertiary/aromatic N) is 2. The third-order valence-electron chi connectivity index (χ3n) is 4.27. The lowest BCUT2D eigenvalue weighted by molar-refractivity contribution is -0.124. The zero-order valence-corrected chi connectivity index (χ0v) is 14.2. The smallest absolute Gasteiger partial charge is 0.223 e. The molecule has 4 rings (SSSR count). The monoisotopic (exact) mass is 350 g/mol. The number of aromatic nitrogens is 3. The molecule has 1 fully saturated rings. The van der Waals surface area contributed by atoms with Gasteiger partial charge in [0.15, 0.2) is 10.6 Å². The maximum absolute atomic E-state index is 12.3. The molecule has 1 aliphatic carbocycles. The van der Waals surface area contributed by atoms with Crippen molar-refractivity contribution in [1.29, 1.82) is 0 Å². The highest BCUT2D eigenvalue weighted by molar-refractivity contribution is 7.71. The van der Waals surface area contributed by atoms with Crippen LogP contribution in [0.15, 0.2) is 11.4 Å². The van der Waals surface area contributed by atoms with Gasteiger partial charge in [0, 0.05) is 10.9 Å². The summed E-state index contributed by atoms with van der Waals surface area (Å²) in [7, 11) is 0. The molecule has 1 atom stereocenters. The van der Waals surface area contributed by atoms with Crippen LogP contribution >= 0.6 is 23.6 Å². The quantitative estimate of drug-likeness (QED) is 0.813. The molecular weight excluding hydrogens is 332 g/mol. The van der Waals surface area contributed by atoms with E-state index in [9.17, 15) is 4.79 Å². The first-order chi connectivity index (χ1) is 11.2. The van der Waals surface area contributed by atoms with Crippen molar-refractivity contribution in [2.75, 3.05) is 6.61 Å². The largest absolute Gasteiger partial charge is 0.372 e. The molecule has 122 valence electrons. The number of nitrogens with one attached hydrogen (secondary N) is 2. The molecule has 2 aliphatic rings. The zero-order chi connectivity index (χ0) is 15.8. The Hall–Kier alpha value is -1.51. The third-order valence-corrected chi connectivity index (χ3v) is 5.61. The zero-order valence-electron chi connectivity index (χ0n) is 12.6. The van der Waals surface area contributed by atoms with Gasteiger partial charge in [0.1, 0.15) is 6.10 Å². The number of H-pyrrole nitrogens is 1. The minimum atomic E-state index is -0.122. The number of carbonyl (C=O) groups is 1. The van der Waals surface area contributed by atoms with Crippen molar-refractivity contribution in [2.45, 2.75) is 44.4 Å². The van der Waals surface area contributed by atoms with Gasteiger partial charge in [0.2, 0.25) is 5.91 Å². The lowest BCUT2D eigenvalue weighted by atomic mass is 10.1. The Balaban J connectivity index is 1.37. The normalized spacial score (nSPS) is 20.3. The summed E-state index contributed by atoms with van der Waals surface area (Å²) in [6, 6.07) is 2.57. The van der Waals surface area contributed by atoms with Crippen molar-refractivity contribution in [3.05, 3.63) is 32.5 Å². The fourth-order valence-corrected chi connectivity index (χ4v) is 4.27. The van der Waals surface area contributed by atoms with E-state index in [4.69, 9.17) is 17.0 Å². The van der Waals surface area contributed by atoms with Crippen LogP contribution < -0.4 is 5.32 Å². The van der Waals surface area contributed by atoms with E-state index in [2.05, 4.69) is 27.0 Å². The molecule has 23 heavy (non-hydrogen) atoms. The van der Waals surface area contributed by atoms with Gasteiger partial charge in [-0.3, -0.25) is 14.5 Å². The summed E-state index contributed by atoms with van der Waals surface area (Å²) in [6.45, 7) is 1.08. The highest BCUT2D eigenvalue weighted by Crippen LogP contribution is 2.36. The number of thiophene rings is 1. The average molecular weight is 350 g/mol. The first-order valence-electron chi connectivity index (χ1n) is 7.82. The molecule has 3 heterocycles. The van der Waals surface area contributed by atoms with E-state index in [1.54, 1.807) is 11.3 Å². The van der Waals surface area contributed by atoms with E-state index in [1.165, 1.54) is 10.4 Å². The van der Waals surface area contributed by atoms with Crippen LogP contribution in [0.5, 0.6) is 0 Å². The van der Waals surface area contributed by atoms with Crippen molar-refractivity contribution in [3.63, 3.8) is 0 Å². The van der Waals surface area contributed by atoms with E-state index < -0.39 is 0 Å². The van der Waals surface area contributed by atoms with E-state index in [0.29, 0.717) is 30.4 Å². The summed E-state index contributed by atoms with van der Waals surface area (Å²) in [4.78, 5) is 13.4. The Labute approximate surface area is 142 Å². The number of amides is 1. The minimum Gasteiger partial charge on any atom is -0.372 e. The van der Waals surface area contributed by atoms with Crippen molar-refractivity contribution in [3.8, 4) is 0 Å². The summed E-state index contributed by atoms with van der Waals surface area (Å²) >= 11 is 6.91. The van der Waals surface area contributed by atoms with Crippen LogP contribution in [0.25, 0.3) is 0 Å². The van der Waals surface area contributed by atoms with Gasteiger partial charge in [-0.15, -0.1) is 11.3 Å². The van der Waals surface area contributed by atoms with Crippen LogP contribution in [-0.2, 0) is 22.5 Å². The van der Waals surface area contributed by atoms with Gasteiger partial charge in [0.05, 0.1) is 19.6 Å². The second-order valence-corrected chi connectivity index (χ2v) is 7.28. The van der Waals surface area contributed by atoms with Crippen molar-refractivity contribution < 1.29 is 9.53 Å². The minimum absolute atomic E-state index is 0.0208. The Bertz CT molecular complexity index is 775. The second-order valence-electron chi connectivity index (χ2n) is 5.95. The van der Waals surface area contributed by atoms with Gasteiger partial charge in [-0.25, -0.2) is 0 Å². The van der Waals surface area contributed by atoms with Gasteiger partial charge in [-0.1, -0.05) is 0 Å². The Morgan fingerprint density at radius 3 is 3.26 bits per heavy atom. The predicted molar refractivity (Wildman–Crippen MR) is 88.9 cm³/mol. The third kappa shape index (κ3) is 3.11. The van der Waals surface area contributed by atoms with Gasteiger partial charge >= 0.3 is 0 Å². The molecule has 2 aromatic heterocycles. The molecule has 2 aromatic rings. The summed E-state index contributed by atoms with van der Waals surface area (Å²) in [6.07, 6.45) is 3.43. The van der Waals surface area contributed by atoms with E-state index in [-0.39, 0.29) is 12.0 Å². The molecule has 8 heteroatoms. The van der Waals surface area contributed by atoms with Gasteiger partial charge in [-0.05, 0) is 48.5 Å². The van der Waals surface area contributed by atoms with E-state index in [0.717, 1.165) is 25.1 Å². The van der Waals surface area contributed by atoms with Gasteiger partial charge in [0.25, 0.3) is 0 Å². The summed E-state index contributed by atoms with van der Waals surface area (Å²) < 4.78 is 8.42. The average Bonchev–Trinajstić information content (AvgIpc) is 3.12. The maximum atomic E-state index is 12.3. The molecule has 0 radical (unpaired) electrons. The Kier molecular flexibility index (Phi) is 4.04. The van der Waals surface area contributed by atoms with Crippen molar-refractivity contribution in [2.24, 2.45) is 0 Å². The maximum Gasteiger partial charge on any atom is 0.223 e. The van der Waals surface area contributed by atoms with E-state index in [1.807, 2.05) is 4.57 Å². The number of aromatic amines is 1. The van der Waals surface area contributed by atoms with Crippen molar-refractivity contribution in [1.82, 2.24) is 20.1 Å². The topological polar surface area (TPSA) is 71.9 Å². The predicted octanol–water partition coefficient (Wildman–Crippen LogP) is 2.66. The van der Waals surface area contributed by atoms with Crippen LogP contribution in [0.1, 0.15) is 47.7 Å². The molecule has 6 nitrogen and oxygen atoms in total. The number of rotatable bonds is 5. The van der Waals surface area contributed by atoms with Crippen LogP contribution in [0.2, 0.25) is 0 Å². The fourth-order valence-electron chi connectivity index (χ4n) is 2.96. The van der Waals surface area contributed by atoms with Gasteiger partial charge < -0.3 is 10.1 Å². The molecule has 0 aromatic carbocycles. The molecule has 1 amide bonds. The lowest BCUT2D eigenvalue weighted by Crippen LogP contribution is -2.28. The number of ether oxygens (including phenoxy) is 1. The number of hydrogen-bond donors (Lipinski definition) is 2. The van der Waals surface area contributed by atoms with Crippen LogP contribution in [0, 0.1) is 4.77 Å². The molecule has 2 N–H and O–H groups in total. The molecule has 1 aliphatic heterocycles. The first-order valence-corrected chi connectivity index (χ1v) is 9.11. The summed E-state index contributed by atoms with van der Waals surface area (Å²) in [5.41, 5.74) is 1.31. The molecular formula is C15H18N4O2S2. The fraction of sp³-hybridized carbons (Fsp3) is 0.533. The number of hydrogen-bond acceptors (Lipinski definition) is 5. The van der Waals surface area contributed by atoms with Gasteiger partial charge in [-0.2, -0.15) is 5.10 Å². The van der Waals surface area contributed by atoms with Crippen LogP contribution in [0.4, 0.5) is 0 Å². The highest BCUT2D eigenvalue weighted by atomic mass is 32.1. The van der Waals surface area contributed by atoms with Crippen molar-refractivity contribution >= 4 is 29.5 Å². The van der Waals surface area contributed by atoms with Crippen LogP contribution in [-0.4, -0.2) is 27.3 Å². The number of fused-ring (bicyclic) bond motifs is 1. The standard InChI is InChI=1S/C15H18N4O2S2/c20-13(7-11-14-9(3-5-21-11)4-6-23-14)16-8-12-17-18-15(22)19(12)10-1-2-10/h4,6,10-11H,1-3,5,7-8H2,(H,16,20)(H,18,22). The Morgan fingerprint density at radius 1 is 1.57 bits per heavy atom. The summed E-state index contributed by atoms with van der Waals surface area (Å²) in [5.74, 6) is 0.778. The molecule has 0 bridgehead atoms. The Morgan fingerprint density at radius 2 is 2.43 bits per heavy atom.